The van der Waals surface area contributed by atoms with E-state index in [1.807, 2.05) is 6.07 Å². The molecular formula is C15H14ClNO2S. The van der Waals surface area contributed by atoms with Gasteiger partial charge < -0.3 is 0 Å². The highest BCUT2D eigenvalue weighted by Gasteiger charge is 2.25. The monoisotopic (exact) mass is 307 g/mol. The number of hydrogen-bond acceptors (Lipinski definition) is 2. The Morgan fingerprint density at radius 1 is 1.05 bits per heavy atom. The van der Waals surface area contributed by atoms with Crippen molar-refractivity contribution in [2.45, 2.75) is 4.90 Å². The lowest BCUT2D eigenvalue weighted by molar-refractivity contribution is 0.593. The minimum atomic E-state index is -3.72. The van der Waals surface area contributed by atoms with Gasteiger partial charge in [-0.3, -0.25) is 4.31 Å². The van der Waals surface area contributed by atoms with Gasteiger partial charge in [0.25, 0.3) is 10.0 Å². The molecule has 0 radical (unpaired) electrons. The SMILES string of the molecule is C=CCN(c1ccccc1)S(=O)(=O)c1ccccc1Cl. The number of rotatable bonds is 5. The normalized spacial score (nSPS) is 11.1. The van der Waals surface area contributed by atoms with Crippen molar-refractivity contribution in [3.8, 4) is 0 Å². The summed E-state index contributed by atoms with van der Waals surface area (Å²) in [6.45, 7) is 3.79. The maximum atomic E-state index is 12.7. The van der Waals surface area contributed by atoms with Crippen LogP contribution in [0.3, 0.4) is 0 Å². The van der Waals surface area contributed by atoms with E-state index in [0.717, 1.165) is 0 Å². The average molecular weight is 308 g/mol. The Morgan fingerprint density at radius 2 is 1.65 bits per heavy atom. The van der Waals surface area contributed by atoms with Crippen LogP contribution < -0.4 is 4.31 Å². The molecule has 0 aliphatic carbocycles. The number of benzene rings is 2. The van der Waals surface area contributed by atoms with E-state index in [2.05, 4.69) is 6.58 Å². The molecule has 2 rings (SSSR count). The average Bonchev–Trinajstić information content (AvgIpc) is 2.45. The van der Waals surface area contributed by atoms with E-state index in [4.69, 9.17) is 11.6 Å². The standard InChI is InChI=1S/C15H14ClNO2S/c1-2-12-17(13-8-4-3-5-9-13)20(18,19)15-11-7-6-10-14(15)16/h2-11H,1,12H2. The van der Waals surface area contributed by atoms with Gasteiger partial charge in [0, 0.05) is 0 Å². The van der Waals surface area contributed by atoms with E-state index in [1.54, 1.807) is 48.5 Å². The first-order valence-electron chi connectivity index (χ1n) is 6.00. The first kappa shape index (κ1) is 14.6. The van der Waals surface area contributed by atoms with Gasteiger partial charge in [-0.2, -0.15) is 0 Å². The molecule has 0 saturated carbocycles. The fourth-order valence-corrected chi connectivity index (χ4v) is 3.76. The summed E-state index contributed by atoms with van der Waals surface area (Å²) in [7, 11) is -3.72. The van der Waals surface area contributed by atoms with E-state index in [1.165, 1.54) is 10.4 Å². The van der Waals surface area contributed by atoms with Crippen LogP contribution in [0, 0.1) is 0 Å². The zero-order valence-corrected chi connectivity index (χ0v) is 12.3. The van der Waals surface area contributed by atoms with Crippen LogP contribution >= 0.6 is 11.6 Å². The summed E-state index contributed by atoms with van der Waals surface area (Å²) < 4.78 is 26.8. The number of sulfonamides is 1. The third-order valence-corrected chi connectivity index (χ3v) is 5.04. The minimum Gasteiger partial charge on any atom is -0.262 e. The van der Waals surface area contributed by atoms with Gasteiger partial charge in [0.15, 0.2) is 0 Å². The van der Waals surface area contributed by atoms with Crippen LogP contribution in [0.5, 0.6) is 0 Å². The molecule has 0 N–H and O–H groups in total. The largest absolute Gasteiger partial charge is 0.266 e. The fourth-order valence-electron chi connectivity index (χ4n) is 1.83. The lowest BCUT2D eigenvalue weighted by atomic mass is 10.3. The number of anilines is 1. The van der Waals surface area contributed by atoms with E-state index in [-0.39, 0.29) is 16.5 Å². The highest BCUT2D eigenvalue weighted by molar-refractivity contribution is 7.93. The van der Waals surface area contributed by atoms with Crippen LogP contribution in [0.4, 0.5) is 5.69 Å². The molecule has 2 aromatic carbocycles. The van der Waals surface area contributed by atoms with Crippen LogP contribution in [0.1, 0.15) is 0 Å². The van der Waals surface area contributed by atoms with Crippen molar-refractivity contribution in [2.75, 3.05) is 10.8 Å². The summed E-state index contributed by atoms with van der Waals surface area (Å²) >= 11 is 6.01. The van der Waals surface area contributed by atoms with Crippen molar-refractivity contribution < 1.29 is 8.42 Å². The Hall–Kier alpha value is -1.78. The molecule has 0 spiro atoms. The molecule has 0 saturated heterocycles. The molecule has 3 nitrogen and oxygen atoms in total. The van der Waals surface area contributed by atoms with E-state index < -0.39 is 10.0 Å². The number of para-hydroxylation sites is 1. The van der Waals surface area contributed by atoms with Crippen molar-refractivity contribution in [1.82, 2.24) is 0 Å². The van der Waals surface area contributed by atoms with Gasteiger partial charge in [-0.05, 0) is 24.3 Å². The summed E-state index contributed by atoms with van der Waals surface area (Å²) in [6, 6.07) is 15.3. The lowest BCUT2D eigenvalue weighted by Gasteiger charge is -2.23. The lowest BCUT2D eigenvalue weighted by Crippen LogP contribution is -2.31. The summed E-state index contributed by atoms with van der Waals surface area (Å²) in [5, 5.41) is 0.206. The molecule has 0 bridgehead atoms. The minimum absolute atomic E-state index is 0.0902. The molecule has 20 heavy (non-hydrogen) atoms. The first-order chi connectivity index (χ1) is 9.57. The predicted molar refractivity (Wildman–Crippen MR) is 82.6 cm³/mol. The van der Waals surface area contributed by atoms with Crippen LogP contribution in [-0.2, 0) is 10.0 Å². The van der Waals surface area contributed by atoms with Crippen LogP contribution in [0.25, 0.3) is 0 Å². The molecule has 104 valence electrons. The zero-order chi connectivity index (χ0) is 14.6. The molecule has 5 heteroatoms. The molecule has 0 amide bonds. The summed E-state index contributed by atoms with van der Waals surface area (Å²) in [5.41, 5.74) is 0.576. The Balaban J connectivity index is 2.54. The topological polar surface area (TPSA) is 37.4 Å². The number of halogens is 1. The molecule has 0 fully saturated rings. The maximum absolute atomic E-state index is 12.7. The summed E-state index contributed by atoms with van der Waals surface area (Å²) in [6.07, 6.45) is 1.54. The molecule has 0 aromatic heterocycles. The Bertz CT molecular complexity index is 699. The van der Waals surface area contributed by atoms with Crippen molar-refractivity contribution >= 4 is 27.3 Å². The van der Waals surface area contributed by atoms with Gasteiger partial charge >= 0.3 is 0 Å². The Kier molecular flexibility index (Phi) is 4.47. The third-order valence-electron chi connectivity index (χ3n) is 2.74. The molecule has 0 aliphatic heterocycles. The highest BCUT2D eigenvalue weighted by Crippen LogP contribution is 2.27. The van der Waals surface area contributed by atoms with Gasteiger partial charge in [-0.25, -0.2) is 8.42 Å². The van der Waals surface area contributed by atoms with Crippen molar-refractivity contribution in [1.29, 1.82) is 0 Å². The van der Waals surface area contributed by atoms with Crippen molar-refractivity contribution in [2.24, 2.45) is 0 Å². The van der Waals surface area contributed by atoms with Crippen LogP contribution in [0.15, 0.2) is 72.1 Å². The van der Waals surface area contributed by atoms with Gasteiger partial charge in [-0.15, -0.1) is 6.58 Å². The molecule has 2 aromatic rings. The second-order valence-corrected chi connectivity index (χ2v) is 6.33. The van der Waals surface area contributed by atoms with E-state index in [9.17, 15) is 8.42 Å². The number of nitrogens with zero attached hydrogens (tertiary/aromatic N) is 1. The van der Waals surface area contributed by atoms with E-state index >= 15 is 0 Å². The summed E-state index contributed by atoms with van der Waals surface area (Å²) in [4.78, 5) is 0.0902. The third kappa shape index (κ3) is 2.86. The van der Waals surface area contributed by atoms with Crippen LogP contribution in [-0.4, -0.2) is 15.0 Å². The molecule has 0 atom stereocenters. The van der Waals surface area contributed by atoms with Crippen molar-refractivity contribution in [3.05, 3.63) is 72.3 Å². The Labute approximate surface area is 124 Å². The second kappa shape index (κ2) is 6.11. The van der Waals surface area contributed by atoms with Gasteiger partial charge in [0.2, 0.25) is 0 Å². The van der Waals surface area contributed by atoms with Gasteiger partial charge in [0.1, 0.15) is 4.90 Å². The zero-order valence-electron chi connectivity index (χ0n) is 10.7. The number of hydrogen-bond donors (Lipinski definition) is 0. The van der Waals surface area contributed by atoms with E-state index in [0.29, 0.717) is 5.69 Å². The van der Waals surface area contributed by atoms with Crippen LogP contribution in [0.2, 0.25) is 5.02 Å². The highest BCUT2D eigenvalue weighted by atomic mass is 35.5. The van der Waals surface area contributed by atoms with Crippen molar-refractivity contribution in [3.63, 3.8) is 0 Å². The predicted octanol–water partition coefficient (Wildman–Crippen LogP) is 3.72. The molecule has 0 heterocycles. The van der Waals surface area contributed by atoms with Gasteiger partial charge in [-0.1, -0.05) is 48.0 Å². The molecule has 0 aliphatic rings. The first-order valence-corrected chi connectivity index (χ1v) is 7.82. The van der Waals surface area contributed by atoms with Gasteiger partial charge in [0.05, 0.1) is 17.3 Å². The fraction of sp³-hybridized carbons (Fsp3) is 0.0667. The Morgan fingerprint density at radius 3 is 2.25 bits per heavy atom. The molecular weight excluding hydrogens is 294 g/mol. The second-order valence-electron chi connectivity index (χ2n) is 4.09. The molecule has 0 unspecified atom stereocenters. The quantitative estimate of drug-likeness (QED) is 0.789. The maximum Gasteiger partial charge on any atom is 0.266 e. The smallest absolute Gasteiger partial charge is 0.262 e. The summed E-state index contributed by atoms with van der Waals surface area (Å²) in [5.74, 6) is 0.